The molecule has 2 aromatic carbocycles. The van der Waals surface area contributed by atoms with Crippen molar-refractivity contribution in [3.8, 4) is 0 Å². The lowest BCUT2D eigenvalue weighted by atomic mass is 10.2. The number of rotatable bonds is 8. The van der Waals surface area contributed by atoms with Gasteiger partial charge in [-0.2, -0.15) is 4.52 Å². The molecule has 0 aliphatic carbocycles. The van der Waals surface area contributed by atoms with E-state index in [9.17, 15) is 4.79 Å². The standard InChI is InChI=1S/C22H20Cl2N6O/c23-17-7-3-1-5-15(17)13-25-19-9-10-20-27-28-21(30(20)29-19)11-12-22(31)26-14-16-6-2-4-8-18(16)24/h1-10H,11-14H2,(H,25,29)(H,26,31). The smallest absolute Gasteiger partial charge is 0.220 e. The van der Waals surface area contributed by atoms with Crippen LogP contribution in [0.3, 0.4) is 0 Å². The molecule has 4 rings (SSSR count). The molecule has 0 bridgehead atoms. The fourth-order valence-electron chi connectivity index (χ4n) is 3.06. The molecular formula is C22H20Cl2N6O. The molecule has 158 valence electrons. The topological polar surface area (TPSA) is 84.2 Å². The van der Waals surface area contributed by atoms with Crippen molar-refractivity contribution in [1.82, 2.24) is 25.1 Å². The summed E-state index contributed by atoms with van der Waals surface area (Å²) in [5.41, 5.74) is 2.47. The summed E-state index contributed by atoms with van der Waals surface area (Å²) >= 11 is 12.3. The van der Waals surface area contributed by atoms with Gasteiger partial charge in [0, 0.05) is 36.0 Å². The quantitative estimate of drug-likeness (QED) is 0.414. The summed E-state index contributed by atoms with van der Waals surface area (Å²) < 4.78 is 1.65. The van der Waals surface area contributed by atoms with Gasteiger partial charge < -0.3 is 10.6 Å². The molecule has 0 aliphatic rings. The largest absolute Gasteiger partial charge is 0.364 e. The van der Waals surface area contributed by atoms with Gasteiger partial charge in [-0.15, -0.1) is 15.3 Å². The number of fused-ring (bicyclic) bond motifs is 1. The van der Waals surface area contributed by atoms with Crippen LogP contribution < -0.4 is 10.6 Å². The number of nitrogens with zero attached hydrogens (tertiary/aromatic N) is 4. The molecule has 0 saturated carbocycles. The first kappa shape index (κ1) is 21.1. The van der Waals surface area contributed by atoms with E-state index in [4.69, 9.17) is 23.2 Å². The molecule has 7 nitrogen and oxygen atoms in total. The molecule has 0 atom stereocenters. The zero-order valence-electron chi connectivity index (χ0n) is 16.6. The van der Waals surface area contributed by atoms with Gasteiger partial charge in [0.1, 0.15) is 5.82 Å². The fraction of sp³-hybridized carbons (Fsp3) is 0.182. The monoisotopic (exact) mass is 454 g/mol. The molecule has 0 unspecified atom stereocenters. The van der Waals surface area contributed by atoms with Crippen molar-refractivity contribution in [1.29, 1.82) is 0 Å². The van der Waals surface area contributed by atoms with Gasteiger partial charge in [0.05, 0.1) is 0 Å². The Morgan fingerprint density at radius 2 is 1.55 bits per heavy atom. The average Bonchev–Trinajstić information content (AvgIpc) is 3.19. The zero-order valence-corrected chi connectivity index (χ0v) is 18.1. The summed E-state index contributed by atoms with van der Waals surface area (Å²) in [6, 6.07) is 18.7. The SMILES string of the molecule is O=C(CCc1nnc2ccc(NCc3ccccc3Cl)nn12)NCc1ccccc1Cl. The Balaban J connectivity index is 1.36. The van der Waals surface area contributed by atoms with Gasteiger partial charge in [-0.3, -0.25) is 4.79 Å². The highest BCUT2D eigenvalue weighted by Crippen LogP contribution is 2.17. The van der Waals surface area contributed by atoms with E-state index in [-0.39, 0.29) is 12.3 Å². The summed E-state index contributed by atoms with van der Waals surface area (Å²) in [4.78, 5) is 12.3. The number of amides is 1. The minimum absolute atomic E-state index is 0.0929. The maximum absolute atomic E-state index is 12.3. The van der Waals surface area contributed by atoms with E-state index in [1.807, 2.05) is 54.6 Å². The van der Waals surface area contributed by atoms with E-state index in [0.717, 1.165) is 11.1 Å². The van der Waals surface area contributed by atoms with Crippen LogP contribution in [0.2, 0.25) is 10.0 Å². The maximum atomic E-state index is 12.3. The second kappa shape index (κ2) is 9.76. The van der Waals surface area contributed by atoms with Crippen LogP contribution in [-0.4, -0.2) is 25.7 Å². The van der Waals surface area contributed by atoms with E-state index in [1.165, 1.54) is 0 Å². The van der Waals surface area contributed by atoms with E-state index >= 15 is 0 Å². The molecule has 9 heteroatoms. The number of carbonyl (C=O) groups excluding carboxylic acids is 1. The Hall–Kier alpha value is -3.16. The van der Waals surface area contributed by atoms with Gasteiger partial charge in [0.2, 0.25) is 5.91 Å². The lowest BCUT2D eigenvalue weighted by Crippen LogP contribution is -2.23. The summed E-state index contributed by atoms with van der Waals surface area (Å²) in [6.07, 6.45) is 0.681. The van der Waals surface area contributed by atoms with Gasteiger partial charge in [-0.25, -0.2) is 0 Å². The predicted octanol–water partition coefficient (Wildman–Crippen LogP) is 4.29. The van der Waals surface area contributed by atoms with Crippen molar-refractivity contribution < 1.29 is 4.79 Å². The summed E-state index contributed by atoms with van der Waals surface area (Å²) in [7, 11) is 0. The van der Waals surface area contributed by atoms with Crippen LogP contribution in [0.1, 0.15) is 23.4 Å². The Morgan fingerprint density at radius 3 is 2.26 bits per heavy atom. The van der Waals surface area contributed by atoms with Gasteiger partial charge in [-0.1, -0.05) is 59.6 Å². The fourth-order valence-corrected chi connectivity index (χ4v) is 3.47. The molecule has 2 heterocycles. The number of aryl methyl sites for hydroxylation is 1. The van der Waals surface area contributed by atoms with Crippen LogP contribution in [0.5, 0.6) is 0 Å². The van der Waals surface area contributed by atoms with E-state index < -0.39 is 0 Å². The highest BCUT2D eigenvalue weighted by Gasteiger charge is 2.11. The zero-order chi connectivity index (χ0) is 21.6. The molecule has 1 amide bonds. The van der Waals surface area contributed by atoms with Gasteiger partial charge in [0.15, 0.2) is 11.5 Å². The normalized spacial score (nSPS) is 10.9. The molecule has 2 N–H and O–H groups in total. The third-order valence-corrected chi connectivity index (χ3v) is 5.49. The van der Waals surface area contributed by atoms with Crippen molar-refractivity contribution in [2.75, 3.05) is 5.32 Å². The third-order valence-electron chi connectivity index (χ3n) is 4.75. The highest BCUT2D eigenvalue weighted by atomic mass is 35.5. The van der Waals surface area contributed by atoms with Crippen LogP contribution in [0, 0.1) is 0 Å². The Kier molecular flexibility index (Phi) is 6.64. The molecule has 4 aromatic rings. The van der Waals surface area contributed by atoms with Crippen LogP contribution in [0.4, 0.5) is 5.82 Å². The Labute approximate surface area is 189 Å². The van der Waals surface area contributed by atoms with Crippen molar-refractivity contribution >= 4 is 40.6 Å². The van der Waals surface area contributed by atoms with E-state index in [1.54, 1.807) is 10.6 Å². The first-order valence-corrected chi connectivity index (χ1v) is 10.5. The molecule has 0 radical (unpaired) electrons. The number of benzene rings is 2. The summed E-state index contributed by atoms with van der Waals surface area (Å²) in [5, 5.41) is 20.3. The molecule has 31 heavy (non-hydrogen) atoms. The minimum atomic E-state index is -0.0929. The van der Waals surface area contributed by atoms with Crippen molar-refractivity contribution in [3.05, 3.63) is 87.7 Å². The van der Waals surface area contributed by atoms with E-state index in [2.05, 4.69) is 25.9 Å². The molecule has 0 aliphatic heterocycles. The highest BCUT2D eigenvalue weighted by molar-refractivity contribution is 6.31. The second-order valence-electron chi connectivity index (χ2n) is 6.92. The number of carbonyl (C=O) groups is 1. The van der Waals surface area contributed by atoms with Crippen molar-refractivity contribution in [2.24, 2.45) is 0 Å². The Morgan fingerprint density at radius 1 is 0.871 bits per heavy atom. The molecule has 0 spiro atoms. The van der Waals surface area contributed by atoms with Crippen LogP contribution in [0.25, 0.3) is 5.65 Å². The number of aromatic nitrogens is 4. The molecule has 2 aromatic heterocycles. The number of hydrogen-bond acceptors (Lipinski definition) is 5. The maximum Gasteiger partial charge on any atom is 0.220 e. The minimum Gasteiger partial charge on any atom is -0.364 e. The van der Waals surface area contributed by atoms with Gasteiger partial charge >= 0.3 is 0 Å². The van der Waals surface area contributed by atoms with E-state index in [0.29, 0.717) is 46.8 Å². The number of anilines is 1. The van der Waals surface area contributed by atoms with Crippen LogP contribution >= 0.6 is 23.2 Å². The number of nitrogens with one attached hydrogen (secondary N) is 2. The number of halogens is 2. The molecule has 0 fully saturated rings. The van der Waals surface area contributed by atoms with Crippen molar-refractivity contribution in [2.45, 2.75) is 25.9 Å². The number of hydrogen-bond donors (Lipinski definition) is 2. The lowest BCUT2D eigenvalue weighted by Gasteiger charge is -2.08. The summed E-state index contributed by atoms with van der Waals surface area (Å²) in [6.45, 7) is 0.924. The van der Waals surface area contributed by atoms with Crippen LogP contribution in [-0.2, 0) is 24.3 Å². The second-order valence-corrected chi connectivity index (χ2v) is 7.73. The predicted molar refractivity (Wildman–Crippen MR) is 121 cm³/mol. The Bertz CT molecular complexity index is 1210. The van der Waals surface area contributed by atoms with Gasteiger partial charge in [-0.05, 0) is 35.4 Å². The average molecular weight is 455 g/mol. The van der Waals surface area contributed by atoms with Crippen molar-refractivity contribution in [3.63, 3.8) is 0 Å². The molecule has 0 saturated heterocycles. The van der Waals surface area contributed by atoms with Gasteiger partial charge in [0.25, 0.3) is 0 Å². The third kappa shape index (κ3) is 5.31. The van der Waals surface area contributed by atoms with Crippen LogP contribution in [0.15, 0.2) is 60.7 Å². The lowest BCUT2D eigenvalue weighted by molar-refractivity contribution is -0.121. The first-order chi connectivity index (χ1) is 15.1. The summed E-state index contributed by atoms with van der Waals surface area (Å²) in [5.74, 6) is 1.19. The molecular weight excluding hydrogens is 435 g/mol. The first-order valence-electron chi connectivity index (χ1n) is 9.79.